The maximum Gasteiger partial charge on any atom is 0.317 e. The summed E-state index contributed by atoms with van der Waals surface area (Å²) < 4.78 is 19.6. The number of hydrogen-bond acceptors (Lipinski definition) is 5. The van der Waals surface area contributed by atoms with Gasteiger partial charge < -0.3 is 15.4 Å². The number of anilines is 1. The highest BCUT2D eigenvalue weighted by Gasteiger charge is 2.23. The number of nitrogens with zero attached hydrogens (tertiary/aromatic N) is 4. The molecule has 4 rings (SSSR count). The van der Waals surface area contributed by atoms with Crippen molar-refractivity contribution in [3.8, 4) is 5.69 Å². The standard InChI is InChI=1S/C12H17FN2O.C11H11ClN4O/c1-16-5-4-15-3-2-10(9-15)11-6-12(13)8-14-7-11;1-7-9(12)10(14-11(13)17)16(15-7)8-5-3-2-4-6-8/h6-8,10H,2-5,9H2,1H3;2-6H,1H3,(H3,13,14,17). The Morgan fingerprint density at radius 1 is 1.33 bits per heavy atom. The number of ether oxygens (including phenoxy) is 1. The minimum absolute atomic E-state index is 0.243. The van der Waals surface area contributed by atoms with Gasteiger partial charge in [0, 0.05) is 26.4 Å². The number of nitrogens with two attached hydrogens (primary N) is 1. The second-order valence-electron chi connectivity index (χ2n) is 7.70. The van der Waals surface area contributed by atoms with Crippen LogP contribution < -0.4 is 11.1 Å². The first-order chi connectivity index (χ1) is 15.9. The predicted molar refractivity (Wildman–Crippen MR) is 126 cm³/mol. The highest BCUT2D eigenvalue weighted by Crippen LogP contribution is 2.28. The van der Waals surface area contributed by atoms with E-state index in [1.54, 1.807) is 31.0 Å². The van der Waals surface area contributed by atoms with E-state index in [-0.39, 0.29) is 5.82 Å². The van der Waals surface area contributed by atoms with Crippen molar-refractivity contribution in [3.05, 3.63) is 70.9 Å². The molecular formula is C23H28ClFN6O2. The molecule has 33 heavy (non-hydrogen) atoms. The summed E-state index contributed by atoms with van der Waals surface area (Å²) in [5, 5.41) is 7.10. The van der Waals surface area contributed by atoms with Crippen LogP contribution in [0.25, 0.3) is 5.69 Å². The number of urea groups is 1. The Balaban J connectivity index is 0.000000186. The summed E-state index contributed by atoms with van der Waals surface area (Å²) in [4.78, 5) is 17.2. The van der Waals surface area contributed by atoms with Crippen molar-refractivity contribution in [2.45, 2.75) is 19.3 Å². The van der Waals surface area contributed by atoms with Crippen molar-refractivity contribution in [2.24, 2.45) is 5.73 Å². The molecule has 10 heteroatoms. The number of aryl methyl sites for hydroxylation is 1. The van der Waals surface area contributed by atoms with Crippen molar-refractivity contribution < 1.29 is 13.9 Å². The van der Waals surface area contributed by atoms with Crippen molar-refractivity contribution >= 4 is 23.4 Å². The first-order valence-electron chi connectivity index (χ1n) is 10.6. The SMILES string of the molecule is COCCN1CCC(c2cncc(F)c2)C1.Cc1nn(-c2ccccc2)c(NC(N)=O)c1Cl. The smallest absolute Gasteiger partial charge is 0.317 e. The van der Waals surface area contributed by atoms with Gasteiger partial charge in [0.2, 0.25) is 0 Å². The number of likely N-dealkylation sites (tertiary alicyclic amines) is 1. The minimum Gasteiger partial charge on any atom is -0.383 e. The van der Waals surface area contributed by atoms with Gasteiger partial charge in [-0.25, -0.2) is 13.9 Å². The molecule has 0 radical (unpaired) electrons. The maximum absolute atomic E-state index is 13.0. The number of carbonyl (C=O) groups excluding carboxylic acids is 1. The lowest BCUT2D eigenvalue weighted by atomic mass is 10.0. The predicted octanol–water partition coefficient (Wildman–Crippen LogP) is 3.98. The summed E-state index contributed by atoms with van der Waals surface area (Å²) in [6, 6.07) is 10.3. The fraction of sp³-hybridized carbons (Fsp3) is 0.348. The van der Waals surface area contributed by atoms with Crippen LogP contribution in [0.15, 0.2) is 48.8 Å². The molecule has 176 valence electrons. The molecule has 1 fully saturated rings. The van der Waals surface area contributed by atoms with Gasteiger partial charge in [0.15, 0.2) is 5.82 Å². The Labute approximate surface area is 197 Å². The van der Waals surface area contributed by atoms with E-state index in [4.69, 9.17) is 22.1 Å². The van der Waals surface area contributed by atoms with E-state index in [0.717, 1.165) is 43.9 Å². The molecule has 2 amide bonds. The van der Waals surface area contributed by atoms with E-state index in [1.165, 1.54) is 6.20 Å². The van der Waals surface area contributed by atoms with Crippen molar-refractivity contribution in [1.29, 1.82) is 0 Å². The highest BCUT2D eigenvalue weighted by molar-refractivity contribution is 6.34. The molecule has 1 aromatic carbocycles. The number of halogens is 2. The molecule has 1 saturated heterocycles. The van der Waals surface area contributed by atoms with Gasteiger partial charge in [-0.3, -0.25) is 10.3 Å². The van der Waals surface area contributed by atoms with Crippen molar-refractivity contribution in [3.63, 3.8) is 0 Å². The van der Waals surface area contributed by atoms with Gasteiger partial charge in [-0.05, 0) is 49.6 Å². The topological polar surface area (TPSA) is 98.3 Å². The first kappa shape index (κ1) is 24.6. The number of hydrogen-bond donors (Lipinski definition) is 2. The third-order valence-corrected chi connectivity index (χ3v) is 5.76. The molecule has 3 N–H and O–H groups in total. The molecule has 1 aliphatic heterocycles. The summed E-state index contributed by atoms with van der Waals surface area (Å²) in [5.41, 5.74) is 7.54. The number of nitrogens with one attached hydrogen (secondary N) is 1. The van der Waals surface area contributed by atoms with Gasteiger partial charge in [-0.1, -0.05) is 29.8 Å². The van der Waals surface area contributed by atoms with Crippen LogP contribution in [-0.4, -0.2) is 59.0 Å². The average molecular weight is 475 g/mol. The summed E-state index contributed by atoms with van der Waals surface area (Å²) in [5.74, 6) is 0.552. The second-order valence-corrected chi connectivity index (χ2v) is 8.08. The zero-order valence-corrected chi connectivity index (χ0v) is 19.4. The number of methoxy groups -OCH3 is 1. The highest BCUT2D eigenvalue weighted by atomic mass is 35.5. The molecule has 1 aliphatic rings. The van der Waals surface area contributed by atoms with E-state index in [2.05, 4.69) is 20.3 Å². The van der Waals surface area contributed by atoms with E-state index in [0.29, 0.717) is 22.5 Å². The van der Waals surface area contributed by atoms with Gasteiger partial charge in [0.1, 0.15) is 10.8 Å². The summed E-state index contributed by atoms with van der Waals surface area (Å²) in [6.07, 6.45) is 4.10. The quantitative estimate of drug-likeness (QED) is 0.563. The number of carbonyl (C=O) groups is 1. The lowest BCUT2D eigenvalue weighted by Gasteiger charge is -2.15. The van der Waals surface area contributed by atoms with Gasteiger partial charge in [0.25, 0.3) is 0 Å². The van der Waals surface area contributed by atoms with Crippen LogP contribution in [0.3, 0.4) is 0 Å². The molecule has 2 aromatic heterocycles. The van der Waals surface area contributed by atoms with Crippen molar-refractivity contribution in [2.75, 3.05) is 38.7 Å². The Morgan fingerprint density at radius 3 is 2.76 bits per heavy atom. The Morgan fingerprint density at radius 2 is 2.09 bits per heavy atom. The van der Waals surface area contributed by atoms with Crippen LogP contribution in [0.2, 0.25) is 5.02 Å². The summed E-state index contributed by atoms with van der Waals surface area (Å²) in [7, 11) is 1.71. The minimum atomic E-state index is -0.677. The van der Waals surface area contributed by atoms with Gasteiger partial charge >= 0.3 is 6.03 Å². The largest absolute Gasteiger partial charge is 0.383 e. The van der Waals surface area contributed by atoms with Gasteiger partial charge in [0.05, 0.1) is 24.2 Å². The lowest BCUT2D eigenvalue weighted by molar-refractivity contribution is 0.160. The molecule has 0 bridgehead atoms. The number of rotatable bonds is 6. The average Bonchev–Trinajstić information content (AvgIpc) is 3.39. The number of pyridine rings is 1. The summed E-state index contributed by atoms with van der Waals surface area (Å²) in [6.45, 7) is 5.51. The van der Waals surface area contributed by atoms with Crippen LogP contribution >= 0.6 is 11.6 Å². The van der Waals surface area contributed by atoms with Crippen LogP contribution in [0, 0.1) is 12.7 Å². The molecule has 0 aliphatic carbocycles. The Kier molecular flexibility index (Phi) is 8.76. The fourth-order valence-corrected chi connectivity index (χ4v) is 3.83. The number of aromatic nitrogens is 3. The maximum atomic E-state index is 13.0. The Hall–Kier alpha value is -3.01. The fourth-order valence-electron chi connectivity index (χ4n) is 3.67. The number of amides is 2. The number of para-hydroxylation sites is 1. The van der Waals surface area contributed by atoms with Crippen LogP contribution in [0.4, 0.5) is 15.0 Å². The van der Waals surface area contributed by atoms with Crippen LogP contribution in [0.1, 0.15) is 23.6 Å². The van der Waals surface area contributed by atoms with Crippen LogP contribution in [-0.2, 0) is 4.74 Å². The molecule has 3 heterocycles. The first-order valence-corrected chi connectivity index (χ1v) is 11.0. The zero-order chi connectivity index (χ0) is 23.8. The van der Waals surface area contributed by atoms with E-state index < -0.39 is 6.03 Å². The molecule has 8 nitrogen and oxygen atoms in total. The number of primary amides is 1. The normalized spacial score (nSPS) is 15.7. The Bertz CT molecular complexity index is 1060. The molecular weight excluding hydrogens is 447 g/mol. The van der Waals surface area contributed by atoms with E-state index in [1.807, 2.05) is 30.3 Å². The molecule has 1 unspecified atom stereocenters. The molecule has 0 saturated carbocycles. The summed E-state index contributed by atoms with van der Waals surface area (Å²) >= 11 is 6.05. The second kappa shape index (κ2) is 11.7. The molecule has 0 spiro atoms. The van der Waals surface area contributed by atoms with Gasteiger partial charge in [-0.15, -0.1) is 0 Å². The van der Waals surface area contributed by atoms with Crippen molar-refractivity contribution in [1.82, 2.24) is 19.7 Å². The third-order valence-electron chi connectivity index (χ3n) is 5.31. The van der Waals surface area contributed by atoms with Crippen LogP contribution in [0.5, 0.6) is 0 Å². The van der Waals surface area contributed by atoms with E-state index in [9.17, 15) is 9.18 Å². The molecule has 1 atom stereocenters. The lowest BCUT2D eigenvalue weighted by Crippen LogP contribution is -2.24. The third kappa shape index (κ3) is 6.74. The molecule has 3 aromatic rings. The van der Waals surface area contributed by atoms with Gasteiger partial charge in [-0.2, -0.15) is 5.10 Å². The van der Waals surface area contributed by atoms with E-state index >= 15 is 0 Å². The number of benzene rings is 1. The zero-order valence-electron chi connectivity index (χ0n) is 18.7. The monoisotopic (exact) mass is 474 g/mol.